The van der Waals surface area contributed by atoms with Crippen LogP contribution >= 0.6 is 11.6 Å². The molecule has 0 N–H and O–H groups in total. The fourth-order valence-corrected chi connectivity index (χ4v) is 2.53. The van der Waals surface area contributed by atoms with Gasteiger partial charge in [-0.3, -0.25) is 0 Å². The lowest BCUT2D eigenvalue weighted by Crippen LogP contribution is -2.08. The molecule has 0 aliphatic heterocycles. The second kappa shape index (κ2) is 5.34. The van der Waals surface area contributed by atoms with E-state index in [1.54, 1.807) is 0 Å². The molecule has 3 nitrogen and oxygen atoms in total. The van der Waals surface area contributed by atoms with Crippen molar-refractivity contribution in [2.75, 3.05) is 19.0 Å². The summed E-state index contributed by atoms with van der Waals surface area (Å²) in [6.45, 7) is 2.05. The Balaban J connectivity index is 2.21. The van der Waals surface area contributed by atoms with Gasteiger partial charge in [-0.15, -0.1) is 0 Å². The van der Waals surface area contributed by atoms with E-state index in [0.29, 0.717) is 11.0 Å². The van der Waals surface area contributed by atoms with Crippen LogP contribution in [0.3, 0.4) is 0 Å². The topological polar surface area (TPSA) is 29.0 Å². The van der Waals surface area contributed by atoms with Crippen LogP contribution in [0.4, 0.5) is 5.69 Å². The maximum Gasteiger partial charge on any atom is 0.161 e. The number of rotatable bonds is 2. The zero-order valence-electron chi connectivity index (χ0n) is 12.3. The molecule has 0 saturated heterocycles. The Morgan fingerprint density at radius 3 is 2.48 bits per heavy atom. The highest BCUT2D eigenvalue weighted by Gasteiger charge is 2.10. The molecule has 0 aliphatic carbocycles. The minimum Gasteiger partial charge on any atom is -0.378 e. The van der Waals surface area contributed by atoms with Crippen molar-refractivity contribution in [3.05, 3.63) is 53.2 Å². The number of aromatic nitrogens is 2. The highest BCUT2D eigenvalue weighted by atomic mass is 35.5. The van der Waals surface area contributed by atoms with Crippen molar-refractivity contribution >= 4 is 28.2 Å². The molecule has 3 aromatic rings. The van der Waals surface area contributed by atoms with Crippen LogP contribution in [-0.2, 0) is 0 Å². The molecule has 0 radical (unpaired) electrons. The van der Waals surface area contributed by atoms with Crippen molar-refractivity contribution in [2.45, 2.75) is 6.92 Å². The lowest BCUT2D eigenvalue weighted by atomic mass is 10.1. The minimum atomic E-state index is 0.488. The first kappa shape index (κ1) is 13.8. The summed E-state index contributed by atoms with van der Waals surface area (Å²) < 4.78 is 0. The summed E-state index contributed by atoms with van der Waals surface area (Å²) in [5.74, 6) is 0.670. The second-order valence-corrected chi connectivity index (χ2v) is 5.61. The fraction of sp³-hybridized carbons (Fsp3) is 0.176. The smallest absolute Gasteiger partial charge is 0.161 e. The van der Waals surface area contributed by atoms with Crippen LogP contribution in [-0.4, -0.2) is 24.1 Å². The first-order valence-electron chi connectivity index (χ1n) is 6.77. The van der Waals surface area contributed by atoms with Gasteiger partial charge in [-0.2, -0.15) is 0 Å². The molecule has 1 heterocycles. The van der Waals surface area contributed by atoms with Crippen molar-refractivity contribution in [1.82, 2.24) is 9.97 Å². The van der Waals surface area contributed by atoms with Crippen LogP contribution in [0.25, 0.3) is 22.3 Å². The summed E-state index contributed by atoms with van der Waals surface area (Å²) in [7, 11) is 4.00. The molecule has 0 amide bonds. The Morgan fingerprint density at radius 2 is 1.76 bits per heavy atom. The van der Waals surface area contributed by atoms with E-state index < -0.39 is 0 Å². The van der Waals surface area contributed by atoms with Gasteiger partial charge in [-0.25, -0.2) is 9.97 Å². The SMILES string of the molecule is Cc1ccccc1-c1nc(Cl)c2cc(N(C)C)ccc2n1. The molecule has 0 bridgehead atoms. The third kappa shape index (κ3) is 2.57. The van der Waals surface area contributed by atoms with Gasteiger partial charge in [0.05, 0.1) is 5.52 Å². The third-order valence-electron chi connectivity index (χ3n) is 3.54. The Labute approximate surface area is 129 Å². The van der Waals surface area contributed by atoms with Crippen LogP contribution < -0.4 is 4.90 Å². The first-order chi connectivity index (χ1) is 10.1. The molecular weight excluding hydrogens is 282 g/mol. The average molecular weight is 298 g/mol. The Kier molecular flexibility index (Phi) is 3.52. The van der Waals surface area contributed by atoms with Crippen LogP contribution in [0, 0.1) is 6.92 Å². The zero-order chi connectivity index (χ0) is 15.0. The molecule has 21 heavy (non-hydrogen) atoms. The van der Waals surface area contributed by atoms with Crippen LogP contribution in [0.2, 0.25) is 5.15 Å². The van der Waals surface area contributed by atoms with Gasteiger partial charge in [0.1, 0.15) is 5.15 Å². The van der Waals surface area contributed by atoms with E-state index >= 15 is 0 Å². The summed E-state index contributed by atoms with van der Waals surface area (Å²) in [5, 5.41) is 1.36. The molecular formula is C17H16ClN3. The number of fused-ring (bicyclic) bond motifs is 1. The fourth-order valence-electron chi connectivity index (χ4n) is 2.30. The average Bonchev–Trinajstić information content (AvgIpc) is 2.47. The zero-order valence-corrected chi connectivity index (χ0v) is 13.0. The Hall–Kier alpha value is -2.13. The lowest BCUT2D eigenvalue weighted by molar-refractivity contribution is 1.13. The van der Waals surface area contributed by atoms with Gasteiger partial charge in [0.15, 0.2) is 5.82 Å². The van der Waals surface area contributed by atoms with E-state index in [4.69, 9.17) is 11.6 Å². The summed E-state index contributed by atoms with van der Waals surface area (Å²) in [5.41, 5.74) is 4.09. The van der Waals surface area contributed by atoms with Crippen LogP contribution in [0.15, 0.2) is 42.5 Å². The van der Waals surface area contributed by atoms with Crippen molar-refractivity contribution < 1.29 is 0 Å². The first-order valence-corrected chi connectivity index (χ1v) is 7.14. The molecule has 0 unspecified atom stereocenters. The second-order valence-electron chi connectivity index (χ2n) is 5.25. The van der Waals surface area contributed by atoms with Crippen LogP contribution in [0.1, 0.15) is 5.56 Å². The van der Waals surface area contributed by atoms with Crippen LogP contribution in [0.5, 0.6) is 0 Å². The normalized spacial score (nSPS) is 10.9. The number of hydrogen-bond acceptors (Lipinski definition) is 3. The Bertz CT molecular complexity index is 812. The molecule has 1 aromatic heterocycles. The monoisotopic (exact) mass is 297 g/mol. The van der Waals surface area contributed by atoms with Gasteiger partial charge in [0.25, 0.3) is 0 Å². The highest BCUT2D eigenvalue weighted by Crippen LogP contribution is 2.28. The molecule has 4 heteroatoms. The van der Waals surface area contributed by atoms with E-state index in [1.165, 1.54) is 0 Å². The molecule has 106 valence electrons. The van der Waals surface area contributed by atoms with Gasteiger partial charge in [0.2, 0.25) is 0 Å². The van der Waals surface area contributed by atoms with E-state index in [0.717, 1.165) is 27.7 Å². The maximum atomic E-state index is 6.37. The summed E-state index contributed by atoms with van der Waals surface area (Å²) in [6, 6.07) is 14.1. The minimum absolute atomic E-state index is 0.488. The summed E-state index contributed by atoms with van der Waals surface area (Å²) in [6.07, 6.45) is 0. The van der Waals surface area contributed by atoms with Crippen molar-refractivity contribution in [2.24, 2.45) is 0 Å². The third-order valence-corrected chi connectivity index (χ3v) is 3.82. The molecule has 0 atom stereocenters. The molecule has 0 spiro atoms. The number of halogens is 1. The van der Waals surface area contributed by atoms with Crippen molar-refractivity contribution in [3.8, 4) is 11.4 Å². The predicted octanol–water partition coefficient (Wildman–Crippen LogP) is 4.32. The van der Waals surface area contributed by atoms with Gasteiger partial charge in [-0.05, 0) is 30.7 Å². The Morgan fingerprint density at radius 1 is 1.00 bits per heavy atom. The highest BCUT2D eigenvalue weighted by molar-refractivity contribution is 6.34. The summed E-state index contributed by atoms with van der Waals surface area (Å²) in [4.78, 5) is 11.2. The number of benzene rings is 2. The molecule has 3 rings (SSSR count). The number of hydrogen-bond donors (Lipinski definition) is 0. The largest absolute Gasteiger partial charge is 0.378 e. The van der Waals surface area contributed by atoms with Gasteiger partial charge in [-0.1, -0.05) is 35.9 Å². The number of aryl methyl sites for hydroxylation is 1. The van der Waals surface area contributed by atoms with Crippen molar-refractivity contribution in [1.29, 1.82) is 0 Å². The summed E-state index contributed by atoms with van der Waals surface area (Å²) >= 11 is 6.37. The number of anilines is 1. The maximum absolute atomic E-state index is 6.37. The molecule has 2 aromatic carbocycles. The van der Waals surface area contributed by atoms with E-state index in [-0.39, 0.29) is 0 Å². The quantitative estimate of drug-likeness (QED) is 0.659. The van der Waals surface area contributed by atoms with E-state index in [2.05, 4.69) is 9.97 Å². The van der Waals surface area contributed by atoms with E-state index in [9.17, 15) is 0 Å². The molecule has 0 fully saturated rings. The van der Waals surface area contributed by atoms with Gasteiger partial charge >= 0.3 is 0 Å². The van der Waals surface area contributed by atoms with Gasteiger partial charge in [0, 0.05) is 30.7 Å². The van der Waals surface area contributed by atoms with Crippen molar-refractivity contribution in [3.63, 3.8) is 0 Å². The van der Waals surface area contributed by atoms with Gasteiger partial charge < -0.3 is 4.90 Å². The standard InChI is InChI=1S/C17H16ClN3/c1-11-6-4-5-7-13(11)17-19-15-9-8-12(21(2)3)10-14(15)16(18)20-17/h4-10H,1-3H3. The van der Waals surface area contributed by atoms with E-state index in [1.807, 2.05) is 68.4 Å². The molecule has 0 aliphatic rings. The predicted molar refractivity (Wildman–Crippen MR) is 89.0 cm³/mol. The molecule has 0 saturated carbocycles. The lowest BCUT2D eigenvalue weighted by Gasteiger charge is -2.13. The number of nitrogens with zero attached hydrogens (tertiary/aromatic N) is 3.